The summed E-state index contributed by atoms with van der Waals surface area (Å²) in [6.45, 7) is 4.64. The number of rotatable bonds is 2. The van der Waals surface area contributed by atoms with E-state index in [1.807, 2.05) is 5.32 Å². The monoisotopic (exact) mass is 370 g/mol. The van der Waals surface area contributed by atoms with Gasteiger partial charge in [-0.05, 0) is 39.0 Å². The number of carbonyl (C=O) groups excluding carboxylic acids is 1. The fraction of sp³-hybridized carbons (Fsp3) is 0.312. The molecule has 1 heterocycles. The van der Waals surface area contributed by atoms with Crippen LogP contribution in [0.2, 0.25) is 0 Å². The molecule has 0 aliphatic rings. The number of aromatic nitrogens is 2. The molecule has 0 unspecified atom stereocenters. The lowest BCUT2D eigenvalue weighted by Gasteiger charge is -2.20. The molecule has 0 atom stereocenters. The summed E-state index contributed by atoms with van der Waals surface area (Å²) in [5, 5.41) is 14.3. The highest BCUT2D eigenvalue weighted by Crippen LogP contribution is 2.37. The van der Waals surface area contributed by atoms with Gasteiger partial charge >= 0.3 is 12.3 Å². The summed E-state index contributed by atoms with van der Waals surface area (Å²) >= 11 is 0. The number of anilines is 1. The van der Waals surface area contributed by atoms with Gasteiger partial charge in [-0.3, -0.25) is 5.32 Å². The number of ether oxygens (including phenoxy) is 1. The molecule has 1 aromatic carbocycles. The van der Waals surface area contributed by atoms with Crippen molar-refractivity contribution in [3.63, 3.8) is 0 Å². The molecule has 0 radical (unpaired) electrons. The number of hydrogen-bond donors (Lipinski definition) is 1. The minimum atomic E-state index is -4.96. The topological polar surface area (TPSA) is 79.9 Å². The molecule has 0 aliphatic carbocycles. The molecular formula is C16H14F4N4O2. The normalized spacial score (nSPS) is 11.8. The molecule has 0 saturated carbocycles. The molecule has 10 heteroatoms. The number of nitrogens with zero attached hydrogens (tertiary/aromatic N) is 3. The van der Waals surface area contributed by atoms with E-state index in [1.54, 1.807) is 26.8 Å². The predicted octanol–water partition coefficient (Wildman–Crippen LogP) is 4.25. The predicted molar refractivity (Wildman–Crippen MR) is 83.1 cm³/mol. The van der Waals surface area contributed by atoms with Crippen molar-refractivity contribution in [1.29, 1.82) is 5.26 Å². The van der Waals surface area contributed by atoms with Crippen molar-refractivity contribution in [3.8, 4) is 11.8 Å². The lowest BCUT2D eigenvalue weighted by Crippen LogP contribution is -2.28. The Morgan fingerprint density at radius 2 is 1.96 bits per heavy atom. The van der Waals surface area contributed by atoms with E-state index < -0.39 is 40.8 Å². The molecule has 1 aromatic heterocycles. The van der Waals surface area contributed by atoms with Gasteiger partial charge in [-0.15, -0.1) is 0 Å². The zero-order valence-electron chi connectivity index (χ0n) is 14.0. The second-order valence-corrected chi connectivity index (χ2v) is 6.22. The number of amides is 1. The van der Waals surface area contributed by atoms with E-state index in [2.05, 4.69) is 5.10 Å². The number of halogens is 4. The zero-order chi connectivity index (χ0) is 19.7. The first-order chi connectivity index (χ1) is 11.9. The Hall–Kier alpha value is -3.09. The molecule has 26 heavy (non-hydrogen) atoms. The molecular weight excluding hydrogens is 356 g/mol. The summed E-state index contributed by atoms with van der Waals surface area (Å²) in [5.74, 6) is -1.01. The highest BCUT2D eigenvalue weighted by molar-refractivity contribution is 5.85. The first-order valence-electron chi connectivity index (χ1n) is 7.27. The van der Waals surface area contributed by atoms with Crippen LogP contribution in [0.25, 0.3) is 5.69 Å². The van der Waals surface area contributed by atoms with Gasteiger partial charge in [0.25, 0.3) is 0 Å². The Kier molecular flexibility index (Phi) is 4.93. The Morgan fingerprint density at radius 3 is 2.50 bits per heavy atom. The third-order valence-corrected chi connectivity index (χ3v) is 2.98. The third-order valence-electron chi connectivity index (χ3n) is 2.98. The van der Waals surface area contributed by atoms with Gasteiger partial charge in [0.2, 0.25) is 0 Å². The summed E-state index contributed by atoms with van der Waals surface area (Å²) in [6.07, 6.45) is -5.35. The summed E-state index contributed by atoms with van der Waals surface area (Å²) < 4.78 is 59.7. The summed E-state index contributed by atoms with van der Waals surface area (Å²) in [4.78, 5) is 11.8. The van der Waals surface area contributed by atoms with Gasteiger partial charge in [0.1, 0.15) is 17.1 Å². The van der Waals surface area contributed by atoms with Gasteiger partial charge in [0.05, 0.1) is 23.5 Å². The van der Waals surface area contributed by atoms with Crippen LogP contribution in [0.15, 0.2) is 24.4 Å². The molecule has 0 saturated heterocycles. The number of hydrogen-bond acceptors (Lipinski definition) is 4. The van der Waals surface area contributed by atoms with Gasteiger partial charge in [0.15, 0.2) is 5.69 Å². The van der Waals surface area contributed by atoms with Crippen LogP contribution in [0.1, 0.15) is 32.0 Å². The largest absolute Gasteiger partial charge is 0.444 e. The molecule has 0 bridgehead atoms. The molecule has 0 fully saturated rings. The lowest BCUT2D eigenvalue weighted by molar-refractivity contribution is -0.142. The second-order valence-electron chi connectivity index (χ2n) is 6.22. The number of carbonyl (C=O) groups is 1. The Bertz CT molecular complexity index is 876. The van der Waals surface area contributed by atoms with E-state index >= 15 is 0 Å². The molecule has 0 aliphatic heterocycles. The average Bonchev–Trinajstić information content (AvgIpc) is 2.89. The second kappa shape index (κ2) is 6.67. The first-order valence-corrected chi connectivity index (χ1v) is 7.27. The zero-order valence-corrected chi connectivity index (χ0v) is 14.0. The molecule has 6 nitrogen and oxygen atoms in total. The van der Waals surface area contributed by atoms with Gasteiger partial charge in [0, 0.05) is 0 Å². The van der Waals surface area contributed by atoms with Gasteiger partial charge in [-0.1, -0.05) is 0 Å². The molecule has 0 spiro atoms. The molecule has 2 aromatic rings. The van der Waals surface area contributed by atoms with Gasteiger partial charge < -0.3 is 4.74 Å². The molecule has 1 N–H and O–H groups in total. The maximum Gasteiger partial charge on any atom is 0.435 e. The van der Waals surface area contributed by atoms with E-state index in [9.17, 15) is 22.4 Å². The minimum absolute atomic E-state index is 0.0494. The maximum absolute atomic E-state index is 14.0. The average molecular weight is 370 g/mol. The van der Waals surface area contributed by atoms with Crippen LogP contribution >= 0.6 is 0 Å². The van der Waals surface area contributed by atoms with Crippen molar-refractivity contribution in [2.45, 2.75) is 32.5 Å². The summed E-state index contributed by atoms with van der Waals surface area (Å²) in [6, 6.07) is 4.61. The van der Waals surface area contributed by atoms with Gasteiger partial charge in [-0.25, -0.2) is 13.9 Å². The van der Waals surface area contributed by atoms with Crippen molar-refractivity contribution >= 4 is 11.8 Å². The SMILES string of the molecule is CC(C)(C)OC(=O)Nc1cnn(-c2cc(C#N)ccc2F)c1C(F)(F)F. The maximum atomic E-state index is 14.0. The van der Waals surface area contributed by atoms with E-state index in [0.29, 0.717) is 0 Å². The van der Waals surface area contributed by atoms with Gasteiger partial charge in [-0.2, -0.15) is 23.5 Å². The number of benzene rings is 1. The van der Waals surface area contributed by atoms with Crippen LogP contribution in [-0.4, -0.2) is 21.5 Å². The number of nitrogens with one attached hydrogen (secondary N) is 1. The van der Waals surface area contributed by atoms with Crippen molar-refractivity contribution in [2.75, 3.05) is 5.32 Å². The number of alkyl halides is 3. The van der Waals surface area contributed by atoms with Crippen LogP contribution in [0, 0.1) is 17.1 Å². The molecule has 138 valence electrons. The van der Waals surface area contributed by atoms with E-state index in [1.165, 1.54) is 0 Å². The van der Waals surface area contributed by atoms with Crippen molar-refractivity contribution in [2.24, 2.45) is 0 Å². The van der Waals surface area contributed by atoms with Crippen LogP contribution in [0.3, 0.4) is 0 Å². The first kappa shape index (κ1) is 19.2. The van der Waals surface area contributed by atoms with Crippen LogP contribution in [-0.2, 0) is 10.9 Å². The minimum Gasteiger partial charge on any atom is -0.444 e. The van der Waals surface area contributed by atoms with Crippen molar-refractivity contribution in [3.05, 3.63) is 41.5 Å². The van der Waals surface area contributed by atoms with Crippen LogP contribution in [0.5, 0.6) is 0 Å². The van der Waals surface area contributed by atoms with Crippen molar-refractivity contribution in [1.82, 2.24) is 9.78 Å². The summed E-state index contributed by atoms with van der Waals surface area (Å²) in [5.41, 5.74) is -3.66. The van der Waals surface area contributed by atoms with Crippen molar-refractivity contribution < 1.29 is 27.1 Å². The third kappa shape index (κ3) is 4.30. The smallest absolute Gasteiger partial charge is 0.435 e. The summed E-state index contributed by atoms with van der Waals surface area (Å²) in [7, 11) is 0. The Balaban J connectivity index is 2.52. The highest BCUT2D eigenvalue weighted by Gasteiger charge is 2.40. The van der Waals surface area contributed by atoms with E-state index in [0.717, 1.165) is 24.4 Å². The van der Waals surface area contributed by atoms with Crippen LogP contribution < -0.4 is 5.32 Å². The standard InChI is InChI=1S/C16H14F4N4O2/c1-15(2,3)26-14(25)23-11-8-22-24(13(11)16(18,19)20)12-6-9(7-21)4-5-10(12)17/h4-6,8H,1-3H3,(H,23,25). The number of nitriles is 1. The van der Waals surface area contributed by atoms with E-state index in [4.69, 9.17) is 10.00 Å². The fourth-order valence-corrected chi connectivity index (χ4v) is 2.05. The highest BCUT2D eigenvalue weighted by atomic mass is 19.4. The molecule has 1 amide bonds. The van der Waals surface area contributed by atoms with Crippen LogP contribution in [0.4, 0.5) is 28.0 Å². The fourth-order valence-electron chi connectivity index (χ4n) is 2.05. The Labute approximate surface area is 146 Å². The van der Waals surface area contributed by atoms with E-state index in [-0.39, 0.29) is 10.2 Å². The lowest BCUT2D eigenvalue weighted by atomic mass is 10.2. The molecule has 2 rings (SSSR count). The Morgan fingerprint density at radius 1 is 1.31 bits per heavy atom. The quantitative estimate of drug-likeness (QED) is 0.802.